The average molecular weight is 832 g/mol. The Kier molecular flexibility index (Phi) is 40.5. The van der Waals surface area contributed by atoms with Crippen LogP contribution in [0.1, 0.15) is 251 Å². The molecular formula is C48H100N2O6P+. The molecule has 1 amide bonds. The highest BCUT2D eigenvalue weighted by atomic mass is 31.2. The fourth-order valence-electron chi connectivity index (χ4n) is 7.64. The lowest BCUT2D eigenvalue weighted by molar-refractivity contribution is -0.870. The van der Waals surface area contributed by atoms with Gasteiger partial charge in [0.15, 0.2) is 0 Å². The summed E-state index contributed by atoms with van der Waals surface area (Å²) in [5, 5.41) is 13.6. The van der Waals surface area contributed by atoms with Crippen LogP contribution in [0.4, 0.5) is 0 Å². The lowest BCUT2D eigenvalue weighted by atomic mass is 10.0. The SMILES string of the molecule is CCCCCCCCCCCCCCCCCCCCCCCCCCCCCCCCCCC(=O)NC(COP(=O)(O)OCC[N+](C)(C)C)C(O)CCCCC. The molecule has 0 rings (SSSR count). The number of amides is 1. The van der Waals surface area contributed by atoms with Crippen LogP contribution in [0.3, 0.4) is 0 Å². The third-order valence-electron chi connectivity index (χ3n) is 11.6. The van der Waals surface area contributed by atoms with Gasteiger partial charge in [0.25, 0.3) is 0 Å². The summed E-state index contributed by atoms with van der Waals surface area (Å²) in [5.41, 5.74) is 0. The Bertz CT molecular complexity index is 901. The van der Waals surface area contributed by atoms with E-state index in [4.69, 9.17) is 9.05 Å². The smallest absolute Gasteiger partial charge is 0.391 e. The molecule has 0 aliphatic rings. The number of carbonyl (C=O) groups excluding carboxylic acids is 1. The highest BCUT2D eigenvalue weighted by Crippen LogP contribution is 2.43. The van der Waals surface area contributed by atoms with Crippen molar-refractivity contribution < 1.29 is 32.9 Å². The lowest BCUT2D eigenvalue weighted by Crippen LogP contribution is -2.46. The van der Waals surface area contributed by atoms with Crippen LogP contribution < -0.4 is 5.32 Å². The van der Waals surface area contributed by atoms with Gasteiger partial charge in [-0.15, -0.1) is 0 Å². The molecule has 0 aromatic carbocycles. The molecule has 0 radical (unpaired) electrons. The lowest BCUT2D eigenvalue weighted by Gasteiger charge is -2.26. The highest BCUT2D eigenvalue weighted by Gasteiger charge is 2.28. The van der Waals surface area contributed by atoms with Crippen LogP contribution in [0.25, 0.3) is 0 Å². The van der Waals surface area contributed by atoms with Gasteiger partial charge in [0.2, 0.25) is 5.91 Å². The highest BCUT2D eigenvalue weighted by molar-refractivity contribution is 7.47. The van der Waals surface area contributed by atoms with Crippen LogP contribution in [-0.4, -0.2) is 73.4 Å². The number of aliphatic hydroxyl groups excluding tert-OH is 1. The Labute approximate surface area is 355 Å². The van der Waals surface area contributed by atoms with E-state index in [9.17, 15) is 19.4 Å². The monoisotopic (exact) mass is 832 g/mol. The third-order valence-corrected chi connectivity index (χ3v) is 12.6. The Hall–Kier alpha value is -0.500. The van der Waals surface area contributed by atoms with Crippen LogP contribution in [-0.2, 0) is 18.4 Å². The van der Waals surface area contributed by atoms with Gasteiger partial charge in [0, 0.05) is 6.42 Å². The quantitative estimate of drug-likeness (QED) is 0.0321. The molecule has 0 heterocycles. The zero-order valence-electron chi connectivity index (χ0n) is 38.9. The van der Waals surface area contributed by atoms with Crippen molar-refractivity contribution in [2.75, 3.05) is 40.9 Å². The minimum Gasteiger partial charge on any atom is -0.391 e. The van der Waals surface area contributed by atoms with E-state index in [1.54, 1.807) is 0 Å². The van der Waals surface area contributed by atoms with Gasteiger partial charge in [-0.25, -0.2) is 4.57 Å². The van der Waals surface area contributed by atoms with Gasteiger partial charge in [-0.3, -0.25) is 13.8 Å². The van der Waals surface area contributed by atoms with Gasteiger partial charge in [-0.05, 0) is 12.8 Å². The molecule has 0 aromatic heterocycles. The summed E-state index contributed by atoms with van der Waals surface area (Å²) in [4.78, 5) is 22.8. The number of hydrogen-bond donors (Lipinski definition) is 3. The molecule has 0 saturated heterocycles. The minimum absolute atomic E-state index is 0.0765. The summed E-state index contributed by atoms with van der Waals surface area (Å²) in [6, 6.07) is -0.750. The number of unbranched alkanes of at least 4 members (excludes halogenated alkanes) is 33. The van der Waals surface area contributed by atoms with Crippen molar-refractivity contribution in [1.29, 1.82) is 0 Å². The predicted octanol–water partition coefficient (Wildman–Crippen LogP) is 14.1. The van der Waals surface area contributed by atoms with Gasteiger partial charge < -0.3 is 19.8 Å². The third kappa shape index (κ3) is 43.4. The summed E-state index contributed by atoms with van der Waals surface area (Å²) in [6.07, 6.45) is 46.9. The van der Waals surface area contributed by atoms with Gasteiger partial charge in [0.1, 0.15) is 13.2 Å². The Morgan fingerprint density at radius 1 is 0.526 bits per heavy atom. The van der Waals surface area contributed by atoms with Crippen molar-refractivity contribution in [2.45, 2.75) is 264 Å². The largest absolute Gasteiger partial charge is 0.472 e. The van der Waals surface area contributed by atoms with E-state index in [0.29, 0.717) is 23.9 Å². The second kappa shape index (κ2) is 40.9. The number of quaternary nitrogens is 1. The van der Waals surface area contributed by atoms with Crippen molar-refractivity contribution in [3.8, 4) is 0 Å². The van der Waals surface area contributed by atoms with Gasteiger partial charge in [-0.1, -0.05) is 232 Å². The van der Waals surface area contributed by atoms with Crippen LogP contribution >= 0.6 is 7.82 Å². The summed E-state index contributed by atoms with van der Waals surface area (Å²) >= 11 is 0. The fraction of sp³-hybridized carbons (Fsp3) is 0.979. The first-order valence-electron chi connectivity index (χ1n) is 24.9. The van der Waals surface area contributed by atoms with E-state index in [1.165, 1.54) is 186 Å². The Balaban J connectivity index is 3.65. The molecule has 0 fully saturated rings. The molecule has 8 nitrogen and oxygen atoms in total. The summed E-state index contributed by atoms with van der Waals surface area (Å²) in [5.74, 6) is -0.151. The molecule has 342 valence electrons. The van der Waals surface area contributed by atoms with Crippen molar-refractivity contribution in [2.24, 2.45) is 0 Å². The standard InChI is InChI=1S/C48H99N2O6P/c1-6-8-10-11-12-13-14-15-16-17-18-19-20-21-22-23-24-25-26-27-28-29-30-31-32-33-34-35-36-37-38-40-42-48(52)49-46(47(51)41-39-9-7-2)45-56-57(53,54)55-44-43-50(3,4)5/h46-47,51H,6-45H2,1-5H3,(H-,49,52,53,54)/p+1. The van der Waals surface area contributed by atoms with Crippen molar-refractivity contribution in [3.05, 3.63) is 0 Å². The number of hydrogen-bond acceptors (Lipinski definition) is 5. The Morgan fingerprint density at radius 3 is 1.18 bits per heavy atom. The summed E-state index contributed by atoms with van der Waals surface area (Å²) in [6.45, 7) is 4.75. The molecule has 0 aliphatic carbocycles. The van der Waals surface area contributed by atoms with E-state index in [2.05, 4.69) is 19.2 Å². The fourth-order valence-corrected chi connectivity index (χ4v) is 8.37. The molecule has 0 saturated carbocycles. The number of carbonyl (C=O) groups is 1. The number of rotatable bonds is 46. The summed E-state index contributed by atoms with van der Waals surface area (Å²) < 4.78 is 23.3. The molecule has 0 spiro atoms. The number of nitrogens with one attached hydrogen (secondary N) is 1. The molecule has 57 heavy (non-hydrogen) atoms. The maximum atomic E-state index is 12.7. The molecule has 3 atom stereocenters. The van der Waals surface area contributed by atoms with Crippen molar-refractivity contribution in [3.63, 3.8) is 0 Å². The van der Waals surface area contributed by atoms with Crippen LogP contribution in [0.2, 0.25) is 0 Å². The number of likely N-dealkylation sites (N-methyl/N-ethyl adjacent to an activating group) is 1. The average Bonchev–Trinajstić information content (AvgIpc) is 3.16. The van der Waals surface area contributed by atoms with Crippen molar-refractivity contribution in [1.82, 2.24) is 5.32 Å². The van der Waals surface area contributed by atoms with Gasteiger partial charge >= 0.3 is 7.82 Å². The van der Waals surface area contributed by atoms with E-state index in [1.807, 2.05) is 21.1 Å². The number of nitrogens with zero attached hydrogens (tertiary/aromatic N) is 1. The maximum absolute atomic E-state index is 12.7. The number of aliphatic hydroxyl groups is 1. The minimum atomic E-state index is -4.29. The second-order valence-corrected chi connectivity index (χ2v) is 20.0. The maximum Gasteiger partial charge on any atom is 0.472 e. The van der Waals surface area contributed by atoms with E-state index >= 15 is 0 Å². The van der Waals surface area contributed by atoms with Gasteiger partial charge in [0.05, 0.1) is 39.9 Å². The van der Waals surface area contributed by atoms with E-state index in [0.717, 1.165) is 38.5 Å². The first kappa shape index (κ1) is 56.5. The second-order valence-electron chi connectivity index (χ2n) is 18.6. The van der Waals surface area contributed by atoms with Gasteiger partial charge in [-0.2, -0.15) is 0 Å². The predicted molar refractivity (Wildman–Crippen MR) is 245 cm³/mol. The van der Waals surface area contributed by atoms with Crippen LogP contribution in [0, 0.1) is 0 Å². The van der Waals surface area contributed by atoms with Crippen LogP contribution in [0.15, 0.2) is 0 Å². The van der Waals surface area contributed by atoms with E-state index in [-0.39, 0.29) is 19.1 Å². The number of phosphoric acid groups is 1. The van der Waals surface area contributed by atoms with E-state index < -0.39 is 20.0 Å². The Morgan fingerprint density at radius 2 is 0.842 bits per heavy atom. The first-order valence-corrected chi connectivity index (χ1v) is 26.4. The molecule has 3 unspecified atom stereocenters. The first-order chi connectivity index (χ1) is 27.5. The molecular weight excluding hydrogens is 732 g/mol. The molecule has 3 N–H and O–H groups in total. The molecule has 0 aromatic rings. The van der Waals surface area contributed by atoms with Crippen molar-refractivity contribution >= 4 is 13.7 Å². The topological polar surface area (TPSA) is 105 Å². The molecule has 9 heteroatoms. The molecule has 0 aliphatic heterocycles. The zero-order chi connectivity index (χ0) is 42.1. The molecule has 0 bridgehead atoms. The van der Waals surface area contributed by atoms with Crippen LogP contribution in [0.5, 0.6) is 0 Å². The number of phosphoric ester groups is 1. The zero-order valence-corrected chi connectivity index (χ0v) is 39.8. The summed E-state index contributed by atoms with van der Waals surface area (Å²) in [7, 11) is 1.62. The normalized spacial score (nSPS) is 14.2.